The largest absolute Gasteiger partial charge is 0.284 e. The lowest BCUT2D eigenvalue weighted by atomic mass is 9.86. The topological polar surface area (TPSA) is 12.4 Å². The molecule has 1 heteroatoms. The van der Waals surface area contributed by atoms with Gasteiger partial charge >= 0.3 is 0 Å². The highest BCUT2D eigenvalue weighted by molar-refractivity contribution is 5.73. The van der Waals surface area contributed by atoms with Crippen LogP contribution in [0.1, 0.15) is 36.6 Å². The summed E-state index contributed by atoms with van der Waals surface area (Å²) in [6.45, 7) is 4.41. The summed E-state index contributed by atoms with van der Waals surface area (Å²) in [6, 6.07) is 31.5. The van der Waals surface area contributed by atoms with Crippen molar-refractivity contribution < 1.29 is 0 Å². The molecule has 0 unspecified atom stereocenters. The van der Waals surface area contributed by atoms with Crippen molar-refractivity contribution >= 4 is 6.21 Å². The lowest BCUT2D eigenvalue weighted by Gasteiger charge is -2.22. The van der Waals surface area contributed by atoms with Crippen LogP contribution in [-0.4, -0.2) is 6.21 Å². The summed E-state index contributed by atoms with van der Waals surface area (Å²) in [4.78, 5) is 4.99. The van der Waals surface area contributed by atoms with Gasteiger partial charge < -0.3 is 0 Å². The zero-order valence-electron chi connectivity index (χ0n) is 14.3. The lowest BCUT2D eigenvalue weighted by molar-refractivity contribution is 0.721. The zero-order valence-corrected chi connectivity index (χ0v) is 14.3. The molecule has 0 aliphatic heterocycles. The summed E-state index contributed by atoms with van der Waals surface area (Å²) < 4.78 is 0. The smallest absolute Gasteiger partial charge is 0.0995 e. The summed E-state index contributed by atoms with van der Waals surface area (Å²) in [5.41, 5.74) is 3.59. The van der Waals surface area contributed by atoms with Crippen molar-refractivity contribution in [1.29, 1.82) is 0 Å². The van der Waals surface area contributed by atoms with Crippen LogP contribution in [0, 0.1) is 0 Å². The van der Waals surface area contributed by atoms with Gasteiger partial charge in [-0.3, -0.25) is 4.99 Å². The highest BCUT2D eigenvalue weighted by Gasteiger charge is 2.19. The highest BCUT2D eigenvalue weighted by atomic mass is 14.8. The Hall–Kier alpha value is -2.67. The Balaban J connectivity index is 1.95. The van der Waals surface area contributed by atoms with Crippen LogP contribution in [0.2, 0.25) is 0 Å². The molecule has 0 spiro atoms. The monoisotopic (exact) mass is 313 g/mol. The zero-order chi connectivity index (χ0) is 16.8. The number of nitrogens with zero attached hydrogens (tertiary/aromatic N) is 1. The maximum atomic E-state index is 4.99. The number of rotatable bonds is 5. The average Bonchev–Trinajstić information content (AvgIpc) is 2.64. The molecule has 3 rings (SSSR count). The fraction of sp³-hybridized carbons (Fsp3) is 0.174. The van der Waals surface area contributed by atoms with E-state index in [2.05, 4.69) is 92.9 Å². The normalized spacial score (nSPS) is 12.0. The Bertz CT molecular complexity index is 735. The van der Waals surface area contributed by atoms with Gasteiger partial charge in [0.25, 0.3) is 0 Å². The molecule has 0 heterocycles. The van der Waals surface area contributed by atoms with E-state index < -0.39 is 0 Å². The minimum atomic E-state index is -0.108. The van der Waals surface area contributed by atoms with Crippen LogP contribution >= 0.6 is 0 Å². The second-order valence-corrected chi connectivity index (χ2v) is 6.59. The molecule has 0 atom stereocenters. The molecule has 0 fully saturated rings. The molecule has 1 nitrogen and oxygen atoms in total. The first-order valence-corrected chi connectivity index (χ1v) is 8.36. The van der Waals surface area contributed by atoms with E-state index in [1.807, 2.05) is 18.2 Å². The van der Waals surface area contributed by atoms with E-state index in [1.54, 1.807) is 0 Å². The molecule has 24 heavy (non-hydrogen) atoms. The van der Waals surface area contributed by atoms with Crippen molar-refractivity contribution in [1.82, 2.24) is 0 Å². The van der Waals surface area contributed by atoms with Gasteiger partial charge in [0.05, 0.1) is 6.04 Å². The highest BCUT2D eigenvalue weighted by Crippen LogP contribution is 2.28. The molecule has 0 saturated carbocycles. The second-order valence-electron chi connectivity index (χ2n) is 6.59. The Morgan fingerprint density at radius 1 is 0.667 bits per heavy atom. The van der Waals surface area contributed by atoms with Gasteiger partial charge in [0, 0.05) is 11.6 Å². The van der Waals surface area contributed by atoms with Crippen LogP contribution in [0.3, 0.4) is 0 Å². The van der Waals surface area contributed by atoms with E-state index in [1.165, 1.54) is 16.7 Å². The Labute approximate surface area is 144 Å². The molecule has 0 radical (unpaired) electrons. The Morgan fingerprint density at radius 2 is 1.08 bits per heavy atom. The third-order valence-corrected chi connectivity index (χ3v) is 4.29. The van der Waals surface area contributed by atoms with Crippen molar-refractivity contribution in [2.24, 2.45) is 4.99 Å². The molecule has 0 aromatic heterocycles. The van der Waals surface area contributed by atoms with Gasteiger partial charge in [0.1, 0.15) is 0 Å². The summed E-state index contributed by atoms with van der Waals surface area (Å²) in [7, 11) is 0. The molecule has 0 aliphatic rings. The predicted octanol–water partition coefficient (Wildman–Crippen LogP) is 5.82. The van der Waals surface area contributed by atoms with Crippen molar-refractivity contribution in [3.63, 3.8) is 0 Å². The number of hydrogen-bond donors (Lipinski definition) is 0. The van der Waals surface area contributed by atoms with Crippen LogP contribution in [0.4, 0.5) is 0 Å². The quantitative estimate of drug-likeness (QED) is 0.526. The van der Waals surface area contributed by atoms with E-state index in [0.717, 1.165) is 0 Å². The van der Waals surface area contributed by atoms with Crippen LogP contribution in [-0.2, 0) is 5.41 Å². The fourth-order valence-electron chi connectivity index (χ4n) is 2.84. The number of aliphatic imine (C=N–C) groups is 1. The van der Waals surface area contributed by atoms with Crippen molar-refractivity contribution in [2.45, 2.75) is 25.3 Å². The molecule has 0 N–H and O–H groups in total. The maximum Gasteiger partial charge on any atom is 0.0995 e. The van der Waals surface area contributed by atoms with Gasteiger partial charge in [-0.25, -0.2) is 0 Å². The van der Waals surface area contributed by atoms with Gasteiger partial charge in [-0.2, -0.15) is 0 Å². The molecule has 0 amide bonds. The average molecular weight is 313 g/mol. The number of benzene rings is 3. The van der Waals surface area contributed by atoms with E-state index in [-0.39, 0.29) is 11.5 Å². The summed E-state index contributed by atoms with van der Waals surface area (Å²) in [5, 5.41) is 0. The number of hydrogen-bond acceptors (Lipinski definition) is 1. The summed E-state index contributed by atoms with van der Waals surface area (Å²) in [6.07, 6.45) is 2.09. The van der Waals surface area contributed by atoms with Crippen LogP contribution in [0.25, 0.3) is 0 Å². The first-order valence-electron chi connectivity index (χ1n) is 8.36. The minimum absolute atomic E-state index is 0.0235. The maximum absolute atomic E-state index is 4.99. The van der Waals surface area contributed by atoms with Gasteiger partial charge in [0.2, 0.25) is 0 Å². The Morgan fingerprint density at radius 3 is 1.54 bits per heavy atom. The van der Waals surface area contributed by atoms with Crippen LogP contribution < -0.4 is 0 Å². The third-order valence-electron chi connectivity index (χ3n) is 4.29. The summed E-state index contributed by atoms with van der Waals surface area (Å²) in [5.74, 6) is 0. The standard InChI is InChI=1S/C23H23N/c1-23(2,21-16-10-5-11-17-21)18-24-22(19-12-6-3-7-13-19)20-14-8-4-9-15-20/h3-18,22H,1-2H3/b24-18+. The molecule has 3 aromatic rings. The molecular formula is C23H23N. The molecule has 0 aliphatic carbocycles. The van der Waals surface area contributed by atoms with Crippen LogP contribution in [0.15, 0.2) is 96.0 Å². The second kappa shape index (κ2) is 7.27. The van der Waals surface area contributed by atoms with E-state index in [4.69, 9.17) is 4.99 Å². The first kappa shape index (κ1) is 16.2. The lowest BCUT2D eigenvalue weighted by Crippen LogP contribution is -2.19. The third kappa shape index (κ3) is 3.80. The SMILES string of the molecule is CC(C)(/C=N/C(c1ccccc1)c1ccccc1)c1ccccc1. The molecular weight excluding hydrogens is 290 g/mol. The van der Waals surface area contributed by atoms with Gasteiger partial charge in [-0.15, -0.1) is 0 Å². The molecule has 0 saturated heterocycles. The molecule has 0 bridgehead atoms. The predicted molar refractivity (Wildman–Crippen MR) is 103 cm³/mol. The fourth-order valence-corrected chi connectivity index (χ4v) is 2.84. The van der Waals surface area contributed by atoms with Gasteiger partial charge in [0.15, 0.2) is 0 Å². The van der Waals surface area contributed by atoms with Crippen LogP contribution in [0.5, 0.6) is 0 Å². The molecule has 3 aromatic carbocycles. The van der Waals surface area contributed by atoms with E-state index in [0.29, 0.717) is 0 Å². The molecule has 120 valence electrons. The van der Waals surface area contributed by atoms with Crippen molar-refractivity contribution in [3.05, 3.63) is 108 Å². The van der Waals surface area contributed by atoms with Gasteiger partial charge in [-0.05, 0) is 16.7 Å². The van der Waals surface area contributed by atoms with Crippen molar-refractivity contribution in [3.8, 4) is 0 Å². The summed E-state index contributed by atoms with van der Waals surface area (Å²) >= 11 is 0. The van der Waals surface area contributed by atoms with E-state index >= 15 is 0 Å². The minimum Gasteiger partial charge on any atom is -0.284 e. The van der Waals surface area contributed by atoms with Gasteiger partial charge in [-0.1, -0.05) is 105 Å². The first-order chi connectivity index (χ1) is 11.7. The van der Waals surface area contributed by atoms with Crippen molar-refractivity contribution in [2.75, 3.05) is 0 Å². The van der Waals surface area contributed by atoms with E-state index in [9.17, 15) is 0 Å². The Kier molecular flexibility index (Phi) is 4.90.